The predicted octanol–water partition coefficient (Wildman–Crippen LogP) is -0.168. The Balaban J connectivity index is 3.12. The van der Waals surface area contributed by atoms with E-state index < -0.39 is 11.5 Å². The first-order valence-corrected chi connectivity index (χ1v) is 4.08. The number of aromatic nitrogens is 1. The predicted molar refractivity (Wildman–Crippen MR) is 49.3 cm³/mol. The van der Waals surface area contributed by atoms with E-state index in [-0.39, 0.29) is 12.3 Å². The van der Waals surface area contributed by atoms with E-state index in [4.69, 9.17) is 15.9 Å². The normalized spacial score (nSPS) is 14.8. The summed E-state index contributed by atoms with van der Waals surface area (Å²) in [7, 11) is 0. The number of aliphatic carboxylic acids is 1. The number of hydrogen-bond acceptors (Lipinski definition) is 4. The molecule has 0 aliphatic carbocycles. The third-order valence-electron chi connectivity index (χ3n) is 1.95. The summed E-state index contributed by atoms with van der Waals surface area (Å²) in [5.41, 5.74) is 4.67. The molecule has 0 amide bonds. The van der Waals surface area contributed by atoms with Gasteiger partial charge in [-0.2, -0.15) is 0 Å². The zero-order valence-corrected chi connectivity index (χ0v) is 7.77. The highest BCUT2D eigenvalue weighted by atomic mass is 16.4. The largest absolute Gasteiger partial charge is 0.480 e. The standard InChI is InChI=1S/C9H12N2O3/c1-9(10,8(13)14)7-4-2-3-6(5-12)11-7/h2-4,12H,5,10H2,1H3,(H,13,14)/t9-/m0/s1. The fourth-order valence-corrected chi connectivity index (χ4v) is 0.966. The molecular weight excluding hydrogens is 184 g/mol. The number of carbonyl (C=O) groups is 1. The second-order valence-electron chi connectivity index (χ2n) is 3.18. The molecule has 0 fully saturated rings. The Morgan fingerprint density at radius 2 is 2.29 bits per heavy atom. The molecule has 1 aromatic heterocycles. The van der Waals surface area contributed by atoms with Crippen LogP contribution in [0.1, 0.15) is 18.3 Å². The maximum Gasteiger partial charge on any atom is 0.329 e. The van der Waals surface area contributed by atoms with E-state index >= 15 is 0 Å². The Morgan fingerprint density at radius 3 is 2.79 bits per heavy atom. The third-order valence-corrected chi connectivity index (χ3v) is 1.95. The van der Waals surface area contributed by atoms with Crippen molar-refractivity contribution in [2.45, 2.75) is 19.1 Å². The molecule has 0 aliphatic heterocycles. The summed E-state index contributed by atoms with van der Waals surface area (Å²) in [5, 5.41) is 17.6. The average molecular weight is 196 g/mol. The summed E-state index contributed by atoms with van der Waals surface area (Å²) in [6.07, 6.45) is 0. The summed E-state index contributed by atoms with van der Waals surface area (Å²) in [5.74, 6) is -1.15. The fourth-order valence-electron chi connectivity index (χ4n) is 0.966. The molecule has 0 bridgehead atoms. The van der Waals surface area contributed by atoms with Crippen molar-refractivity contribution >= 4 is 5.97 Å². The van der Waals surface area contributed by atoms with Crippen molar-refractivity contribution in [3.8, 4) is 0 Å². The van der Waals surface area contributed by atoms with Crippen LogP contribution in [0, 0.1) is 0 Å². The molecule has 0 unspecified atom stereocenters. The second kappa shape index (κ2) is 3.73. The van der Waals surface area contributed by atoms with Gasteiger partial charge >= 0.3 is 5.97 Å². The molecule has 1 heterocycles. The second-order valence-corrected chi connectivity index (χ2v) is 3.18. The number of carboxylic acid groups (broad SMARTS) is 1. The molecule has 0 saturated carbocycles. The minimum absolute atomic E-state index is 0.233. The van der Waals surface area contributed by atoms with Crippen LogP contribution in [-0.4, -0.2) is 21.2 Å². The summed E-state index contributed by atoms with van der Waals surface area (Å²) >= 11 is 0. The summed E-state index contributed by atoms with van der Waals surface area (Å²) < 4.78 is 0. The van der Waals surface area contributed by atoms with E-state index in [0.29, 0.717) is 5.69 Å². The summed E-state index contributed by atoms with van der Waals surface area (Å²) in [4.78, 5) is 14.7. The van der Waals surface area contributed by atoms with E-state index in [0.717, 1.165) is 0 Å². The number of pyridine rings is 1. The van der Waals surface area contributed by atoms with Gasteiger partial charge in [0.25, 0.3) is 0 Å². The first-order chi connectivity index (χ1) is 6.48. The van der Waals surface area contributed by atoms with Crippen molar-refractivity contribution < 1.29 is 15.0 Å². The van der Waals surface area contributed by atoms with Gasteiger partial charge in [0.05, 0.1) is 18.0 Å². The summed E-state index contributed by atoms with van der Waals surface area (Å²) in [6.45, 7) is 1.13. The fraction of sp³-hybridized carbons (Fsp3) is 0.333. The number of rotatable bonds is 3. The minimum Gasteiger partial charge on any atom is -0.480 e. The molecule has 0 saturated heterocycles. The maximum absolute atomic E-state index is 10.8. The molecule has 14 heavy (non-hydrogen) atoms. The van der Waals surface area contributed by atoms with Crippen molar-refractivity contribution in [2.75, 3.05) is 0 Å². The molecule has 1 rings (SSSR count). The van der Waals surface area contributed by atoms with Crippen LogP contribution in [0.15, 0.2) is 18.2 Å². The van der Waals surface area contributed by atoms with Crippen LogP contribution in [0.25, 0.3) is 0 Å². The van der Waals surface area contributed by atoms with E-state index in [9.17, 15) is 4.79 Å². The molecule has 1 aromatic rings. The molecule has 5 heteroatoms. The first kappa shape index (κ1) is 10.6. The quantitative estimate of drug-likeness (QED) is 0.623. The van der Waals surface area contributed by atoms with Gasteiger partial charge in [-0.3, -0.25) is 4.98 Å². The van der Waals surface area contributed by atoms with Crippen molar-refractivity contribution in [1.29, 1.82) is 0 Å². The number of hydrogen-bond donors (Lipinski definition) is 3. The number of nitrogens with zero attached hydrogens (tertiary/aromatic N) is 1. The molecule has 4 N–H and O–H groups in total. The van der Waals surface area contributed by atoms with Gasteiger partial charge < -0.3 is 15.9 Å². The number of aliphatic hydroxyl groups is 1. The molecule has 0 aliphatic rings. The minimum atomic E-state index is -1.52. The van der Waals surface area contributed by atoms with E-state index in [1.165, 1.54) is 13.0 Å². The number of carboxylic acids is 1. The van der Waals surface area contributed by atoms with Crippen LogP contribution in [0.4, 0.5) is 0 Å². The zero-order chi connectivity index (χ0) is 10.8. The van der Waals surface area contributed by atoms with Gasteiger partial charge in [0, 0.05) is 0 Å². The van der Waals surface area contributed by atoms with Gasteiger partial charge in [0.1, 0.15) is 0 Å². The van der Waals surface area contributed by atoms with Crippen LogP contribution in [0.5, 0.6) is 0 Å². The Kier molecular flexibility index (Phi) is 2.83. The van der Waals surface area contributed by atoms with Crippen LogP contribution >= 0.6 is 0 Å². The third kappa shape index (κ3) is 1.89. The Morgan fingerprint density at radius 1 is 1.64 bits per heavy atom. The van der Waals surface area contributed by atoms with Crippen LogP contribution in [0.2, 0.25) is 0 Å². The lowest BCUT2D eigenvalue weighted by Gasteiger charge is -2.18. The maximum atomic E-state index is 10.8. The van der Waals surface area contributed by atoms with Gasteiger partial charge in [-0.05, 0) is 19.1 Å². The highest BCUT2D eigenvalue weighted by molar-refractivity contribution is 5.79. The van der Waals surface area contributed by atoms with Gasteiger partial charge in [0.15, 0.2) is 5.54 Å². The van der Waals surface area contributed by atoms with Gasteiger partial charge in [0.2, 0.25) is 0 Å². The monoisotopic (exact) mass is 196 g/mol. The Bertz CT molecular complexity index is 350. The van der Waals surface area contributed by atoms with E-state index in [1.54, 1.807) is 12.1 Å². The average Bonchev–Trinajstić information content (AvgIpc) is 2.17. The van der Waals surface area contributed by atoms with Crippen LogP contribution in [0.3, 0.4) is 0 Å². The Labute approximate surface area is 81.2 Å². The van der Waals surface area contributed by atoms with Crippen molar-refractivity contribution in [1.82, 2.24) is 4.98 Å². The molecular formula is C9H12N2O3. The Hall–Kier alpha value is -1.46. The molecule has 0 spiro atoms. The van der Waals surface area contributed by atoms with Crippen LogP contribution < -0.4 is 5.73 Å². The molecule has 76 valence electrons. The highest BCUT2D eigenvalue weighted by Crippen LogP contribution is 2.15. The molecule has 0 aromatic carbocycles. The highest BCUT2D eigenvalue weighted by Gasteiger charge is 2.31. The molecule has 0 radical (unpaired) electrons. The lowest BCUT2D eigenvalue weighted by atomic mass is 9.99. The van der Waals surface area contributed by atoms with Crippen molar-refractivity contribution in [3.63, 3.8) is 0 Å². The van der Waals surface area contributed by atoms with E-state index in [1.807, 2.05) is 0 Å². The van der Waals surface area contributed by atoms with Crippen molar-refractivity contribution in [2.24, 2.45) is 5.73 Å². The van der Waals surface area contributed by atoms with Gasteiger partial charge in [-0.1, -0.05) is 6.07 Å². The van der Waals surface area contributed by atoms with Gasteiger partial charge in [-0.25, -0.2) is 4.79 Å². The SMILES string of the molecule is C[C@@](N)(C(=O)O)c1cccc(CO)n1. The first-order valence-electron chi connectivity index (χ1n) is 4.08. The van der Waals surface area contributed by atoms with Crippen LogP contribution in [-0.2, 0) is 16.9 Å². The molecule has 5 nitrogen and oxygen atoms in total. The zero-order valence-electron chi connectivity index (χ0n) is 7.77. The number of nitrogens with two attached hydrogens (primary N) is 1. The lowest BCUT2D eigenvalue weighted by Crippen LogP contribution is -2.42. The smallest absolute Gasteiger partial charge is 0.329 e. The summed E-state index contributed by atoms with van der Waals surface area (Å²) in [6, 6.07) is 4.73. The van der Waals surface area contributed by atoms with Crippen molar-refractivity contribution in [3.05, 3.63) is 29.6 Å². The lowest BCUT2D eigenvalue weighted by molar-refractivity contribution is -0.143. The van der Waals surface area contributed by atoms with Gasteiger partial charge in [-0.15, -0.1) is 0 Å². The topological polar surface area (TPSA) is 96.4 Å². The number of aliphatic hydroxyl groups excluding tert-OH is 1. The van der Waals surface area contributed by atoms with E-state index in [2.05, 4.69) is 4.98 Å². The molecule has 1 atom stereocenters.